The highest BCUT2D eigenvalue weighted by atomic mass is 16.5. The third kappa shape index (κ3) is 17.1. The predicted octanol–water partition coefficient (Wildman–Crippen LogP) is 6.91. The van der Waals surface area contributed by atoms with Crippen molar-refractivity contribution >= 4 is 11.9 Å². The molecule has 0 spiro atoms. The van der Waals surface area contributed by atoms with E-state index >= 15 is 0 Å². The van der Waals surface area contributed by atoms with Crippen molar-refractivity contribution in [2.75, 3.05) is 0 Å². The second-order valence-electron chi connectivity index (χ2n) is 9.10. The van der Waals surface area contributed by atoms with Crippen LogP contribution >= 0.6 is 0 Å². The molecule has 4 heteroatoms. The van der Waals surface area contributed by atoms with Crippen molar-refractivity contribution in [3.05, 3.63) is 48.0 Å². The Labute approximate surface area is 201 Å². The van der Waals surface area contributed by atoms with Crippen molar-refractivity contribution in [2.45, 2.75) is 116 Å². The highest BCUT2D eigenvalue weighted by Gasteiger charge is 2.19. The number of unbranched alkanes of at least 4 members (excludes halogenated alkanes) is 13. The molecule has 1 atom stereocenters. The van der Waals surface area contributed by atoms with Crippen LogP contribution in [0.5, 0.6) is 0 Å². The van der Waals surface area contributed by atoms with E-state index in [0.29, 0.717) is 6.42 Å². The van der Waals surface area contributed by atoms with Crippen molar-refractivity contribution in [1.29, 1.82) is 0 Å². The molecule has 0 saturated heterocycles. The molecule has 0 radical (unpaired) electrons. The maximum atomic E-state index is 12.3. The summed E-state index contributed by atoms with van der Waals surface area (Å²) in [5, 5.41) is 11.0. The van der Waals surface area contributed by atoms with Crippen LogP contribution in [-0.2, 0) is 20.9 Å². The zero-order chi connectivity index (χ0) is 24.0. The number of esters is 1. The number of benzene rings is 1. The SMILES string of the molecule is CCCCCCCCCCCCCCCC=CCC(CC(=O)[O-])C(=O)OCc1ccccc1. The van der Waals surface area contributed by atoms with E-state index < -0.39 is 17.9 Å². The first-order chi connectivity index (χ1) is 16.1. The number of carboxylic acid groups (broad SMARTS) is 1. The van der Waals surface area contributed by atoms with E-state index in [1.54, 1.807) is 0 Å². The molecule has 1 unspecified atom stereocenters. The summed E-state index contributed by atoms with van der Waals surface area (Å²) >= 11 is 0. The molecule has 33 heavy (non-hydrogen) atoms. The molecule has 0 aliphatic carbocycles. The van der Waals surface area contributed by atoms with Crippen molar-refractivity contribution < 1.29 is 19.4 Å². The average molecular weight is 458 g/mol. The van der Waals surface area contributed by atoms with Crippen molar-refractivity contribution in [2.24, 2.45) is 5.92 Å². The third-order valence-electron chi connectivity index (χ3n) is 6.03. The van der Waals surface area contributed by atoms with Crippen LogP contribution < -0.4 is 5.11 Å². The molecule has 0 bridgehead atoms. The average Bonchev–Trinajstić information content (AvgIpc) is 2.82. The molecule has 0 aliphatic heterocycles. The summed E-state index contributed by atoms with van der Waals surface area (Å²) in [5.74, 6) is -2.39. The van der Waals surface area contributed by atoms with Crippen molar-refractivity contribution in [3.63, 3.8) is 0 Å². The summed E-state index contributed by atoms with van der Waals surface area (Å²) in [6.07, 6.45) is 22.4. The van der Waals surface area contributed by atoms with Crippen LogP contribution in [0.25, 0.3) is 0 Å². The molecular formula is C29H45O4-. The normalized spacial score (nSPS) is 12.2. The standard InChI is InChI=1S/C29H46O4/c1-2-3-4-5-6-7-8-9-10-11-12-13-14-15-16-20-23-27(24-28(30)31)29(32)33-25-26-21-18-17-19-22-26/h16-22,27H,2-15,23-25H2,1H3,(H,30,31)/p-1. The second kappa shape index (κ2) is 20.5. The van der Waals surface area contributed by atoms with E-state index in [1.165, 1.54) is 77.0 Å². The van der Waals surface area contributed by atoms with Gasteiger partial charge in [0.2, 0.25) is 0 Å². The first kappa shape index (κ1) is 28.9. The van der Waals surface area contributed by atoms with Crippen LogP contribution in [0.3, 0.4) is 0 Å². The molecule has 0 aliphatic rings. The largest absolute Gasteiger partial charge is 0.550 e. The Morgan fingerprint density at radius 3 is 1.91 bits per heavy atom. The van der Waals surface area contributed by atoms with Gasteiger partial charge in [-0.2, -0.15) is 0 Å². The van der Waals surface area contributed by atoms with Gasteiger partial charge < -0.3 is 14.6 Å². The number of hydrogen-bond donors (Lipinski definition) is 0. The molecule has 1 aromatic rings. The van der Waals surface area contributed by atoms with E-state index in [4.69, 9.17) is 4.74 Å². The second-order valence-corrected chi connectivity index (χ2v) is 9.10. The Hall–Kier alpha value is -2.10. The van der Waals surface area contributed by atoms with Crippen LogP contribution in [0.2, 0.25) is 0 Å². The van der Waals surface area contributed by atoms with Gasteiger partial charge in [0, 0.05) is 12.4 Å². The summed E-state index contributed by atoms with van der Waals surface area (Å²) in [7, 11) is 0. The number of carboxylic acids is 1. The summed E-state index contributed by atoms with van der Waals surface area (Å²) in [4.78, 5) is 23.3. The van der Waals surface area contributed by atoms with E-state index in [2.05, 4.69) is 13.0 Å². The zero-order valence-electron chi connectivity index (χ0n) is 20.8. The molecule has 0 heterocycles. The Morgan fingerprint density at radius 1 is 0.818 bits per heavy atom. The first-order valence-corrected chi connectivity index (χ1v) is 13.2. The number of allylic oxidation sites excluding steroid dienone is 2. The zero-order valence-corrected chi connectivity index (χ0v) is 20.8. The lowest BCUT2D eigenvalue weighted by atomic mass is 10.0. The van der Waals surface area contributed by atoms with E-state index in [1.807, 2.05) is 36.4 Å². The maximum Gasteiger partial charge on any atom is 0.309 e. The molecule has 0 saturated carbocycles. The number of carbonyl (C=O) groups excluding carboxylic acids is 2. The van der Waals surface area contributed by atoms with Gasteiger partial charge >= 0.3 is 5.97 Å². The molecule has 186 valence electrons. The fourth-order valence-corrected chi connectivity index (χ4v) is 3.97. The van der Waals surface area contributed by atoms with E-state index in [9.17, 15) is 14.7 Å². The smallest absolute Gasteiger partial charge is 0.309 e. The van der Waals surface area contributed by atoms with Crippen LogP contribution in [0, 0.1) is 5.92 Å². The quantitative estimate of drug-likeness (QED) is 0.114. The van der Waals surface area contributed by atoms with Gasteiger partial charge in [0.25, 0.3) is 0 Å². The van der Waals surface area contributed by atoms with Gasteiger partial charge in [-0.05, 0) is 24.8 Å². The summed E-state index contributed by atoms with van der Waals surface area (Å²) in [5.41, 5.74) is 0.885. The third-order valence-corrected chi connectivity index (χ3v) is 6.03. The van der Waals surface area contributed by atoms with Gasteiger partial charge in [0.05, 0.1) is 5.92 Å². The number of ether oxygens (including phenoxy) is 1. The Morgan fingerprint density at radius 2 is 1.36 bits per heavy atom. The van der Waals surface area contributed by atoms with Gasteiger partial charge in [-0.1, -0.05) is 126 Å². The van der Waals surface area contributed by atoms with Crippen molar-refractivity contribution in [1.82, 2.24) is 0 Å². The Bertz CT molecular complexity index is 638. The first-order valence-electron chi connectivity index (χ1n) is 13.2. The fraction of sp³-hybridized carbons (Fsp3) is 0.655. The Kier molecular flexibility index (Phi) is 18.0. The molecule has 0 amide bonds. The number of aliphatic carboxylic acids is 1. The topological polar surface area (TPSA) is 66.4 Å². The summed E-state index contributed by atoms with van der Waals surface area (Å²) in [6, 6.07) is 9.39. The van der Waals surface area contributed by atoms with Gasteiger partial charge in [-0.15, -0.1) is 0 Å². The predicted molar refractivity (Wildman–Crippen MR) is 133 cm³/mol. The molecule has 0 fully saturated rings. The number of carbonyl (C=O) groups is 2. The number of hydrogen-bond acceptors (Lipinski definition) is 4. The Balaban J connectivity index is 2.07. The highest BCUT2D eigenvalue weighted by Crippen LogP contribution is 2.15. The molecule has 0 aromatic heterocycles. The van der Waals surface area contributed by atoms with Gasteiger partial charge in [-0.3, -0.25) is 4.79 Å². The van der Waals surface area contributed by atoms with Crippen LogP contribution in [0.4, 0.5) is 0 Å². The maximum absolute atomic E-state index is 12.3. The minimum Gasteiger partial charge on any atom is -0.550 e. The minimum absolute atomic E-state index is 0.159. The lowest BCUT2D eigenvalue weighted by molar-refractivity contribution is -0.306. The minimum atomic E-state index is -1.22. The van der Waals surface area contributed by atoms with Crippen LogP contribution in [-0.4, -0.2) is 11.9 Å². The molecular weight excluding hydrogens is 412 g/mol. The van der Waals surface area contributed by atoms with E-state index in [-0.39, 0.29) is 13.0 Å². The van der Waals surface area contributed by atoms with Crippen LogP contribution in [0.1, 0.15) is 115 Å². The lowest BCUT2D eigenvalue weighted by Crippen LogP contribution is -2.29. The summed E-state index contributed by atoms with van der Waals surface area (Å²) in [6.45, 7) is 2.42. The highest BCUT2D eigenvalue weighted by molar-refractivity contribution is 5.78. The fourth-order valence-electron chi connectivity index (χ4n) is 3.97. The van der Waals surface area contributed by atoms with Gasteiger partial charge in [0.1, 0.15) is 6.61 Å². The lowest BCUT2D eigenvalue weighted by Gasteiger charge is -2.15. The molecule has 1 rings (SSSR count). The monoisotopic (exact) mass is 457 g/mol. The molecule has 1 aromatic carbocycles. The van der Waals surface area contributed by atoms with Gasteiger partial charge in [0.15, 0.2) is 0 Å². The number of rotatable bonds is 21. The molecule has 4 nitrogen and oxygen atoms in total. The van der Waals surface area contributed by atoms with Gasteiger partial charge in [-0.25, -0.2) is 0 Å². The molecule has 0 N–H and O–H groups in total. The van der Waals surface area contributed by atoms with Crippen LogP contribution in [0.15, 0.2) is 42.5 Å². The van der Waals surface area contributed by atoms with Crippen molar-refractivity contribution in [3.8, 4) is 0 Å². The van der Waals surface area contributed by atoms with E-state index in [0.717, 1.165) is 18.4 Å². The summed E-state index contributed by atoms with van der Waals surface area (Å²) < 4.78 is 5.31.